The van der Waals surface area contributed by atoms with Crippen molar-refractivity contribution in [2.75, 3.05) is 19.6 Å². The van der Waals surface area contributed by atoms with Gasteiger partial charge in [0, 0.05) is 32.2 Å². The zero-order chi connectivity index (χ0) is 17.3. The van der Waals surface area contributed by atoms with Gasteiger partial charge in [-0.1, -0.05) is 42.5 Å². The van der Waals surface area contributed by atoms with Crippen LogP contribution in [-0.4, -0.2) is 43.3 Å². The summed E-state index contributed by atoms with van der Waals surface area (Å²) in [7, 11) is -3.35. The maximum atomic E-state index is 12.7. The van der Waals surface area contributed by atoms with Gasteiger partial charge in [-0.15, -0.1) is 0 Å². The van der Waals surface area contributed by atoms with E-state index in [2.05, 4.69) is 29.2 Å². The molecule has 0 N–H and O–H groups in total. The number of sulfonamides is 1. The molecule has 1 fully saturated rings. The Kier molecular flexibility index (Phi) is 4.63. The van der Waals surface area contributed by atoms with Gasteiger partial charge in [-0.3, -0.25) is 4.90 Å². The van der Waals surface area contributed by atoms with Crippen LogP contribution in [0.15, 0.2) is 59.5 Å². The van der Waals surface area contributed by atoms with Crippen molar-refractivity contribution in [3.8, 4) is 0 Å². The second-order valence-electron chi connectivity index (χ2n) is 6.94. The van der Waals surface area contributed by atoms with Crippen LogP contribution < -0.4 is 0 Å². The highest BCUT2D eigenvalue weighted by atomic mass is 32.2. The van der Waals surface area contributed by atoms with Gasteiger partial charge < -0.3 is 0 Å². The predicted molar refractivity (Wildman–Crippen MR) is 98.8 cm³/mol. The molecule has 0 aliphatic carbocycles. The highest BCUT2D eigenvalue weighted by molar-refractivity contribution is 7.89. The molecule has 0 unspecified atom stereocenters. The Labute approximate surface area is 150 Å². The number of benzene rings is 2. The van der Waals surface area contributed by atoms with Crippen molar-refractivity contribution in [1.29, 1.82) is 0 Å². The molecule has 0 saturated carbocycles. The van der Waals surface area contributed by atoms with Crippen LogP contribution in [0.2, 0.25) is 0 Å². The fraction of sp³-hybridized carbons (Fsp3) is 0.400. The Bertz CT molecular complexity index is 828. The van der Waals surface area contributed by atoms with Crippen molar-refractivity contribution >= 4 is 10.0 Å². The van der Waals surface area contributed by atoms with E-state index in [1.54, 1.807) is 28.6 Å². The molecule has 2 aromatic carbocycles. The van der Waals surface area contributed by atoms with E-state index in [-0.39, 0.29) is 0 Å². The van der Waals surface area contributed by atoms with Gasteiger partial charge in [0.05, 0.1) is 4.90 Å². The van der Waals surface area contributed by atoms with Gasteiger partial charge in [0.25, 0.3) is 0 Å². The van der Waals surface area contributed by atoms with E-state index in [1.807, 2.05) is 6.07 Å². The van der Waals surface area contributed by atoms with E-state index in [9.17, 15) is 8.42 Å². The van der Waals surface area contributed by atoms with E-state index in [1.165, 1.54) is 11.1 Å². The number of hydrogen-bond acceptors (Lipinski definition) is 3. The van der Waals surface area contributed by atoms with Crippen molar-refractivity contribution in [3.05, 3.63) is 65.7 Å². The fourth-order valence-electron chi connectivity index (χ4n) is 4.02. The molecule has 0 bridgehead atoms. The normalized spacial score (nSPS) is 20.3. The highest BCUT2D eigenvalue weighted by Crippen LogP contribution is 2.27. The zero-order valence-electron chi connectivity index (χ0n) is 14.3. The summed E-state index contributed by atoms with van der Waals surface area (Å²) in [6.45, 7) is 3.29. The van der Waals surface area contributed by atoms with Crippen LogP contribution in [0, 0.1) is 0 Å². The van der Waals surface area contributed by atoms with Crippen LogP contribution in [-0.2, 0) is 23.0 Å². The molecule has 5 heteroatoms. The van der Waals surface area contributed by atoms with Gasteiger partial charge in [-0.2, -0.15) is 4.31 Å². The Morgan fingerprint density at radius 3 is 2.16 bits per heavy atom. The van der Waals surface area contributed by atoms with Crippen LogP contribution in [0.25, 0.3) is 0 Å². The lowest BCUT2D eigenvalue weighted by Crippen LogP contribution is -2.48. The van der Waals surface area contributed by atoms with Crippen molar-refractivity contribution in [2.45, 2.75) is 36.7 Å². The van der Waals surface area contributed by atoms with Crippen molar-refractivity contribution in [2.24, 2.45) is 0 Å². The summed E-state index contributed by atoms with van der Waals surface area (Å²) in [6, 6.07) is 17.9. The smallest absolute Gasteiger partial charge is 0.243 e. The third kappa shape index (κ3) is 3.36. The van der Waals surface area contributed by atoms with Crippen LogP contribution in [0.1, 0.15) is 24.0 Å². The average molecular weight is 356 g/mol. The molecule has 2 aromatic rings. The Balaban J connectivity index is 1.41. The van der Waals surface area contributed by atoms with Crippen LogP contribution in [0.5, 0.6) is 0 Å². The maximum absolute atomic E-state index is 12.7. The molecule has 2 aliphatic heterocycles. The molecule has 132 valence electrons. The summed E-state index contributed by atoms with van der Waals surface area (Å²) in [5, 5.41) is 0. The molecule has 1 saturated heterocycles. The van der Waals surface area contributed by atoms with Crippen molar-refractivity contribution in [3.63, 3.8) is 0 Å². The molecule has 2 heterocycles. The summed E-state index contributed by atoms with van der Waals surface area (Å²) in [5.74, 6) is 0. The van der Waals surface area contributed by atoms with Crippen LogP contribution in [0.3, 0.4) is 0 Å². The van der Waals surface area contributed by atoms with Gasteiger partial charge >= 0.3 is 0 Å². The Hall–Kier alpha value is -1.69. The molecule has 0 aromatic heterocycles. The number of hydrogen-bond donors (Lipinski definition) is 0. The molecule has 2 aliphatic rings. The van der Waals surface area contributed by atoms with Crippen LogP contribution in [0.4, 0.5) is 0 Å². The van der Waals surface area contributed by atoms with Gasteiger partial charge in [0.2, 0.25) is 10.0 Å². The SMILES string of the molecule is O=S(=O)(c1ccccc1)N1CCC(N2CCc3ccccc3C2)CC1. The average Bonchev–Trinajstić information content (AvgIpc) is 2.68. The standard InChI is InChI=1S/C20H24N2O2S/c23-25(24,20-8-2-1-3-9-20)22-14-11-19(12-15-22)21-13-10-17-6-4-5-7-18(17)16-21/h1-9,19H,10-16H2. The minimum atomic E-state index is -3.35. The molecule has 0 atom stereocenters. The van der Waals surface area contributed by atoms with Gasteiger partial charge in [-0.05, 0) is 42.5 Å². The minimum absolute atomic E-state index is 0.403. The number of rotatable bonds is 3. The van der Waals surface area contributed by atoms with E-state index in [4.69, 9.17) is 0 Å². The lowest BCUT2D eigenvalue weighted by Gasteiger charge is -2.40. The number of nitrogens with zero attached hydrogens (tertiary/aromatic N) is 2. The lowest BCUT2D eigenvalue weighted by atomic mass is 9.96. The van der Waals surface area contributed by atoms with Crippen LogP contribution >= 0.6 is 0 Å². The molecule has 25 heavy (non-hydrogen) atoms. The topological polar surface area (TPSA) is 40.6 Å². The van der Waals surface area contributed by atoms with Gasteiger partial charge in [0.15, 0.2) is 0 Å². The Morgan fingerprint density at radius 2 is 1.44 bits per heavy atom. The quantitative estimate of drug-likeness (QED) is 0.849. The molecule has 4 rings (SSSR count). The number of piperidine rings is 1. The van der Waals surface area contributed by atoms with Gasteiger partial charge in [0.1, 0.15) is 0 Å². The Morgan fingerprint density at radius 1 is 0.800 bits per heavy atom. The lowest BCUT2D eigenvalue weighted by molar-refractivity contribution is 0.126. The summed E-state index contributed by atoms with van der Waals surface area (Å²) in [5.41, 5.74) is 2.89. The molecule has 0 amide bonds. The molecule has 4 nitrogen and oxygen atoms in total. The summed E-state index contributed by atoms with van der Waals surface area (Å²) >= 11 is 0. The monoisotopic (exact) mass is 356 g/mol. The summed E-state index contributed by atoms with van der Waals surface area (Å²) in [4.78, 5) is 2.94. The number of fused-ring (bicyclic) bond motifs is 1. The zero-order valence-corrected chi connectivity index (χ0v) is 15.2. The maximum Gasteiger partial charge on any atom is 0.243 e. The van der Waals surface area contributed by atoms with E-state index >= 15 is 0 Å². The fourth-order valence-corrected chi connectivity index (χ4v) is 5.51. The van der Waals surface area contributed by atoms with Crippen molar-refractivity contribution < 1.29 is 8.42 Å². The van der Waals surface area contributed by atoms with Crippen molar-refractivity contribution in [1.82, 2.24) is 9.21 Å². The third-order valence-electron chi connectivity index (χ3n) is 5.48. The first-order chi connectivity index (χ1) is 12.1. The first-order valence-corrected chi connectivity index (χ1v) is 10.4. The highest BCUT2D eigenvalue weighted by Gasteiger charge is 2.32. The summed E-state index contributed by atoms with van der Waals surface area (Å²) in [6.07, 6.45) is 2.92. The molecular formula is C20H24N2O2S. The first-order valence-electron chi connectivity index (χ1n) is 9.00. The minimum Gasteiger partial charge on any atom is -0.296 e. The second-order valence-corrected chi connectivity index (χ2v) is 8.88. The summed E-state index contributed by atoms with van der Waals surface area (Å²) < 4.78 is 27.1. The molecule has 0 radical (unpaired) electrons. The first kappa shape index (κ1) is 16.8. The molecule has 0 spiro atoms. The largest absolute Gasteiger partial charge is 0.296 e. The predicted octanol–water partition coefficient (Wildman–Crippen LogP) is 2.90. The third-order valence-corrected chi connectivity index (χ3v) is 7.39. The van der Waals surface area contributed by atoms with E-state index in [0.29, 0.717) is 24.0 Å². The van der Waals surface area contributed by atoms with Gasteiger partial charge in [-0.25, -0.2) is 8.42 Å². The van der Waals surface area contributed by atoms with E-state index in [0.717, 1.165) is 32.4 Å². The molecular weight excluding hydrogens is 332 g/mol. The second kappa shape index (κ2) is 6.90. The van der Waals surface area contributed by atoms with E-state index < -0.39 is 10.0 Å².